The molecule has 4 unspecified atom stereocenters. The molecule has 0 aromatic rings. The third-order valence-corrected chi connectivity index (χ3v) is 3.77. The monoisotopic (exact) mass is 203 g/mol. The van der Waals surface area contributed by atoms with Crippen LogP contribution in [-0.4, -0.2) is 19.1 Å². The average molecular weight is 204 g/mol. The molecule has 2 bridgehead atoms. The summed E-state index contributed by atoms with van der Waals surface area (Å²) in [6.07, 6.45) is 3.48. The SMILES string of the molecule is COC(=O)C1C2CCC(C2)C1NCl. The quantitative estimate of drug-likeness (QED) is 0.544. The molecular formula is C9H14ClNO2. The van der Waals surface area contributed by atoms with Gasteiger partial charge in [0.2, 0.25) is 0 Å². The van der Waals surface area contributed by atoms with E-state index in [4.69, 9.17) is 16.5 Å². The van der Waals surface area contributed by atoms with Crippen LogP contribution in [0.4, 0.5) is 0 Å². The van der Waals surface area contributed by atoms with Crippen LogP contribution in [0.15, 0.2) is 0 Å². The number of methoxy groups -OCH3 is 1. The summed E-state index contributed by atoms with van der Waals surface area (Å²) in [4.78, 5) is 14.2. The van der Waals surface area contributed by atoms with Crippen molar-refractivity contribution in [3.63, 3.8) is 0 Å². The summed E-state index contributed by atoms with van der Waals surface area (Å²) in [5.41, 5.74) is 0. The molecule has 0 amide bonds. The Morgan fingerprint density at radius 3 is 2.77 bits per heavy atom. The van der Waals surface area contributed by atoms with Gasteiger partial charge in [-0.2, -0.15) is 0 Å². The van der Waals surface area contributed by atoms with Crippen LogP contribution >= 0.6 is 11.8 Å². The zero-order valence-corrected chi connectivity index (χ0v) is 8.38. The highest BCUT2D eigenvalue weighted by molar-refractivity contribution is 6.13. The van der Waals surface area contributed by atoms with E-state index in [1.807, 2.05) is 0 Å². The van der Waals surface area contributed by atoms with Gasteiger partial charge in [-0.05, 0) is 42.9 Å². The highest BCUT2D eigenvalue weighted by Crippen LogP contribution is 2.48. The normalized spacial score (nSPS) is 42.3. The molecule has 2 aliphatic carbocycles. The lowest BCUT2D eigenvalue weighted by atomic mass is 9.85. The molecule has 0 heterocycles. The summed E-state index contributed by atoms with van der Waals surface area (Å²) in [5, 5.41) is 0. The molecule has 1 N–H and O–H groups in total. The van der Waals surface area contributed by atoms with Crippen LogP contribution in [0.25, 0.3) is 0 Å². The third kappa shape index (κ3) is 1.34. The molecule has 13 heavy (non-hydrogen) atoms. The van der Waals surface area contributed by atoms with E-state index < -0.39 is 0 Å². The fraction of sp³-hybridized carbons (Fsp3) is 0.889. The minimum atomic E-state index is -0.106. The molecule has 2 fully saturated rings. The molecule has 0 aromatic heterocycles. The Morgan fingerprint density at radius 2 is 2.15 bits per heavy atom. The Bertz CT molecular complexity index is 222. The zero-order chi connectivity index (χ0) is 9.42. The summed E-state index contributed by atoms with van der Waals surface area (Å²) >= 11 is 5.64. The highest BCUT2D eigenvalue weighted by Gasteiger charge is 2.51. The smallest absolute Gasteiger partial charge is 0.310 e. The van der Waals surface area contributed by atoms with Crippen LogP contribution in [0.3, 0.4) is 0 Å². The number of carbonyl (C=O) groups excluding carboxylic acids is 1. The number of rotatable bonds is 2. The second-order valence-electron chi connectivity index (χ2n) is 4.02. The van der Waals surface area contributed by atoms with Gasteiger partial charge in [-0.15, -0.1) is 0 Å². The van der Waals surface area contributed by atoms with Crippen LogP contribution in [0.1, 0.15) is 19.3 Å². The van der Waals surface area contributed by atoms with Gasteiger partial charge in [-0.25, -0.2) is 4.84 Å². The van der Waals surface area contributed by atoms with Crippen molar-refractivity contribution in [1.82, 2.24) is 4.84 Å². The highest BCUT2D eigenvalue weighted by atomic mass is 35.5. The number of fused-ring (bicyclic) bond motifs is 2. The first-order valence-corrected chi connectivity index (χ1v) is 5.09. The first kappa shape index (κ1) is 9.28. The first-order chi connectivity index (χ1) is 6.27. The van der Waals surface area contributed by atoms with Gasteiger partial charge < -0.3 is 4.74 Å². The maximum absolute atomic E-state index is 11.5. The van der Waals surface area contributed by atoms with Crippen LogP contribution in [0.2, 0.25) is 0 Å². The molecule has 4 atom stereocenters. The van der Waals surface area contributed by atoms with Crippen LogP contribution < -0.4 is 4.84 Å². The second-order valence-corrected chi connectivity index (χ2v) is 4.24. The predicted molar refractivity (Wildman–Crippen MR) is 49.1 cm³/mol. The number of halogens is 1. The van der Waals surface area contributed by atoms with E-state index in [0.29, 0.717) is 11.8 Å². The second kappa shape index (κ2) is 3.46. The third-order valence-electron chi connectivity index (χ3n) is 3.52. The van der Waals surface area contributed by atoms with Crippen molar-refractivity contribution >= 4 is 17.7 Å². The molecule has 0 saturated heterocycles. The van der Waals surface area contributed by atoms with Crippen molar-refractivity contribution in [2.45, 2.75) is 25.3 Å². The summed E-state index contributed by atoms with van der Waals surface area (Å²) < 4.78 is 4.78. The van der Waals surface area contributed by atoms with Crippen molar-refractivity contribution in [2.24, 2.45) is 17.8 Å². The molecule has 4 heteroatoms. The summed E-state index contributed by atoms with van der Waals surface area (Å²) in [6.45, 7) is 0. The number of carbonyl (C=O) groups is 1. The fourth-order valence-electron chi connectivity index (χ4n) is 2.92. The fourth-order valence-corrected chi connectivity index (χ4v) is 3.24. The number of esters is 1. The van der Waals surface area contributed by atoms with Gasteiger partial charge in [-0.1, -0.05) is 0 Å². The van der Waals surface area contributed by atoms with Crippen LogP contribution in [-0.2, 0) is 9.53 Å². The molecule has 0 spiro atoms. The van der Waals surface area contributed by atoms with Gasteiger partial charge in [-0.3, -0.25) is 4.79 Å². The van der Waals surface area contributed by atoms with E-state index in [1.165, 1.54) is 13.5 Å². The van der Waals surface area contributed by atoms with Crippen molar-refractivity contribution in [2.75, 3.05) is 7.11 Å². The average Bonchev–Trinajstić information content (AvgIpc) is 2.74. The molecule has 0 aliphatic heterocycles. The first-order valence-electron chi connectivity index (χ1n) is 4.72. The largest absolute Gasteiger partial charge is 0.469 e. The van der Waals surface area contributed by atoms with E-state index in [1.54, 1.807) is 0 Å². The molecule has 74 valence electrons. The van der Waals surface area contributed by atoms with Gasteiger partial charge in [0, 0.05) is 6.04 Å². The molecule has 0 radical (unpaired) electrons. The van der Waals surface area contributed by atoms with Gasteiger partial charge in [0.1, 0.15) is 0 Å². The van der Waals surface area contributed by atoms with E-state index in [9.17, 15) is 4.79 Å². The molecule has 2 aliphatic rings. The van der Waals surface area contributed by atoms with Crippen molar-refractivity contribution in [3.05, 3.63) is 0 Å². The van der Waals surface area contributed by atoms with Crippen LogP contribution in [0.5, 0.6) is 0 Å². The van der Waals surface area contributed by atoms with Gasteiger partial charge in [0.25, 0.3) is 0 Å². The van der Waals surface area contributed by atoms with Crippen LogP contribution in [0, 0.1) is 17.8 Å². The lowest BCUT2D eigenvalue weighted by molar-refractivity contribution is -0.148. The lowest BCUT2D eigenvalue weighted by Crippen LogP contribution is -2.40. The molecule has 2 saturated carbocycles. The molecular weight excluding hydrogens is 190 g/mol. The Balaban J connectivity index is 2.13. The standard InChI is InChI=1S/C9H14ClNO2/c1-13-9(12)7-5-2-3-6(4-5)8(7)11-10/h5-8,11H,2-4H2,1H3. The number of hydrogen-bond donors (Lipinski definition) is 1. The van der Waals surface area contributed by atoms with Gasteiger partial charge in [0.05, 0.1) is 13.0 Å². The zero-order valence-electron chi connectivity index (χ0n) is 7.63. The minimum absolute atomic E-state index is 0.0127. The Labute approximate surface area is 82.9 Å². The Hall–Kier alpha value is -0.280. The Morgan fingerprint density at radius 1 is 1.46 bits per heavy atom. The summed E-state index contributed by atoms with van der Waals surface area (Å²) in [6, 6.07) is 0.132. The topological polar surface area (TPSA) is 38.3 Å². The van der Waals surface area contributed by atoms with Crippen molar-refractivity contribution < 1.29 is 9.53 Å². The number of ether oxygens (including phenoxy) is 1. The predicted octanol–water partition coefficient (Wildman–Crippen LogP) is 1.32. The summed E-state index contributed by atoms with van der Waals surface area (Å²) in [5.74, 6) is 0.951. The van der Waals surface area contributed by atoms with E-state index >= 15 is 0 Å². The van der Waals surface area contributed by atoms with Crippen molar-refractivity contribution in [3.8, 4) is 0 Å². The van der Waals surface area contributed by atoms with E-state index in [2.05, 4.69) is 4.84 Å². The van der Waals surface area contributed by atoms with Gasteiger partial charge in [0.15, 0.2) is 0 Å². The lowest BCUT2D eigenvalue weighted by Gasteiger charge is -2.27. The Kier molecular flexibility index (Phi) is 2.47. The molecule has 2 rings (SSSR count). The van der Waals surface area contributed by atoms with E-state index in [-0.39, 0.29) is 17.9 Å². The van der Waals surface area contributed by atoms with Gasteiger partial charge >= 0.3 is 5.97 Å². The number of nitrogens with one attached hydrogen (secondary N) is 1. The molecule has 3 nitrogen and oxygen atoms in total. The maximum atomic E-state index is 11.5. The maximum Gasteiger partial charge on any atom is 0.310 e. The van der Waals surface area contributed by atoms with E-state index in [0.717, 1.165) is 12.8 Å². The molecule has 0 aromatic carbocycles. The summed E-state index contributed by atoms with van der Waals surface area (Å²) in [7, 11) is 1.44. The number of hydrogen-bond acceptors (Lipinski definition) is 3. The van der Waals surface area contributed by atoms with Crippen molar-refractivity contribution in [1.29, 1.82) is 0 Å². The minimum Gasteiger partial charge on any atom is -0.469 e.